The Kier molecular flexibility index (Phi) is 3.41. The Balaban J connectivity index is 2.83. The Morgan fingerprint density at radius 1 is 1.57 bits per heavy atom. The van der Waals surface area contributed by atoms with E-state index in [1.807, 2.05) is 13.0 Å². The first kappa shape index (κ1) is 10.9. The monoisotopic (exact) mass is 254 g/mol. The van der Waals surface area contributed by atoms with Gasteiger partial charge in [0.05, 0.1) is 5.69 Å². The van der Waals surface area contributed by atoms with Crippen LogP contribution in [0.2, 0.25) is 0 Å². The Bertz CT molecular complexity index is 388. The van der Waals surface area contributed by atoms with E-state index >= 15 is 0 Å². The van der Waals surface area contributed by atoms with Crippen molar-refractivity contribution in [2.75, 3.05) is 5.32 Å². The minimum atomic E-state index is -0.209. The molecule has 0 saturated heterocycles. The number of pyridine rings is 1. The van der Waals surface area contributed by atoms with Crippen LogP contribution in [0.3, 0.4) is 0 Å². The highest BCUT2D eigenvalue weighted by molar-refractivity contribution is 9.10. The molecule has 0 aliphatic heterocycles. The molecule has 0 bridgehead atoms. The van der Waals surface area contributed by atoms with Crippen LogP contribution < -0.4 is 5.32 Å². The number of hydrogen-bond acceptors (Lipinski definition) is 2. The molecular weight excluding hydrogens is 244 g/mol. The van der Waals surface area contributed by atoms with Gasteiger partial charge in [0.15, 0.2) is 0 Å². The number of anilines is 1. The minimum Gasteiger partial charge on any atom is -0.307 e. The normalized spacial score (nSPS) is 9.64. The molecule has 1 heterocycles. The SMILES string of the molecule is C=C(C)C(=O)Nc1ccc(Br)c(C)n1. The molecule has 14 heavy (non-hydrogen) atoms. The van der Waals surface area contributed by atoms with E-state index in [0.29, 0.717) is 11.4 Å². The lowest BCUT2D eigenvalue weighted by Gasteiger charge is -2.05. The molecule has 0 aliphatic carbocycles. The van der Waals surface area contributed by atoms with Crippen molar-refractivity contribution in [3.8, 4) is 0 Å². The van der Waals surface area contributed by atoms with Gasteiger partial charge < -0.3 is 5.32 Å². The highest BCUT2D eigenvalue weighted by Crippen LogP contribution is 2.16. The van der Waals surface area contributed by atoms with Gasteiger partial charge in [0.1, 0.15) is 5.82 Å². The second kappa shape index (κ2) is 4.37. The van der Waals surface area contributed by atoms with Crippen LogP contribution in [-0.2, 0) is 4.79 Å². The van der Waals surface area contributed by atoms with E-state index in [1.165, 1.54) is 0 Å². The van der Waals surface area contributed by atoms with Gasteiger partial charge in [-0.3, -0.25) is 4.79 Å². The minimum absolute atomic E-state index is 0.209. The molecule has 0 spiro atoms. The number of carbonyl (C=O) groups excluding carboxylic acids is 1. The average molecular weight is 255 g/mol. The number of halogens is 1. The van der Waals surface area contributed by atoms with E-state index in [0.717, 1.165) is 10.2 Å². The Hall–Kier alpha value is -1.16. The van der Waals surface area contributed by atoms with Gasteiger partial charge >= 0.3 is 0 Å². The van der Waals surface area contributed by atoms with Crippen molar-refractivity contribution in [1.29, 1.82) is 0 Å². The molecule has 0 radical (unpaired) electrons. The van der Waals surface area contributed by atoms with E-state index in [1.54, 1.807) is 13.0 Å². The van der Waals surface area contributed by atoms with Crippen molar-refractivity contribution < 1.29 is 4.79 Å². The topological polar surface area (TPSA) is 42.0 Å². The third-order valence-electron chi connectivity index (χ3n) is 1.65. The van der Waals surface area contributed by atoms with E-state index in [2.05, 4.69) is 32.8 Å². The molecule has 3 nitrogen and oxygen atoms in total. The first-order chi connectivity index (χ1) is 6.50. The molecule has 1 rings (SSSR count). The van der Waals surface area contributed by atoms with Crippen LogP contribution in [0.1, 0.15) is 12.6 Å². The predicted molar refractivity (Wildman–Crippen MR) is 60.1 cm³/mol. The smallest absolute Gasteiger partial charge is 0.251 e. The van der Waals surface area contributed by atoms with Crippen molar-refractivity contribution in [3.05, 3.63) is 34.5 Å². The van der Waals surface area contributed by atoms with Crippen LogP contribution in [0.25, 0.3) is 0 Å². The number of nitrogens with zero attached hydrogens (tertiary/aromatic N) is 1. The highest BCUT2D eigenvalue weighted by atomic mass is 79.9. The summed E-state index contributed by atoms with van der Waals surface area (Å²) in [7, 11) is 0. The van der Waals surface area contributed by atoms with Crippen LogP contribution >= 0.6 is 15.9 Å². The molecule has 0 aromatic carbocycles. The van der Waals surface area contributed by atoms with Crippen molar-refractivity contribution in [2.24, 2.45) is 0 Å². The lowest BCUT2D eigenvalue weighted by molar-refractivity contribution is -0.112. The third kappa shape index (κ3) is 2.67. The molecule has 0 atom stereocenters. The van der Waals surface area contributed by atoms with Crippen LogP contribution in [0.5, 0.6) is 0 Å². The quantitative estimate of drug-likeness (QED) is 0.825. The molecule has 1 aromatic rings. The number of aromatic nitrogens is 1. The number of nitrogens with one attached hydrogen (secondary N) is 1. The molecule has 1 aromatic heterocycles. The van der Waals surface area contributed by atoms with Gasteiger partial charge in [0.25, 0.3) is 5.91 Å². The molecule has 1 N–H and O–H groups in total. The number of carbonyl (C=O) groups is 1. The van der Waals surface area contributed by atoms with Crippen molar-refractivity contribution in [3.63, 3.8) is 0 Å². The predicted octanol–water partition coefficient (Wildman–Crippen LogP) is 2.67. The molecule has 0 saturated carbocycles. The zero-order valence-corrected chi connectivity index (χ0v) is 9.68. The molecular formula is C10H11BrN2O. The summed E-state index contributed by atoms with van der Waals surface area (Å²) >= 11 is 3.33. The van der Waals surface area contributed by atoms with Gasteiger partial charge in [-0.05, 0) is 41.9 Å². The molecule has 4 heteroatoms. The Morgan fingerprint density at radius 2 is 2.21 bits per heavy atom. The second-order valence-corrected chi connectivity index (χ2v) is 3.85. The first-order valence-electron chi connectivity index (χ1n) is 4.10. The van der Waals surface area contributed by atoms with Crippen LogP contribution in [0.4, 0.5) is 5.82 Å². The molecule has 1 amide bonds. The fraction of sp³-hybridized carbons (Fsp3) is 0.200. The maximum atomic E-state index is 11.2. The Morgan fingerprint density at radius 3 is 2.71 bits per heavy atom. The van der Waals surface area contributed by atoms with E-state index in [4.69, 9.17) is 0 Å². The summed E-state index contributed by atoms with van der Waals surface area (Å²) < 4.78 is 0.922. The van der Waals surface area contributed by atoms with E-state index < -0.39 is 0 Å². The van der Waals surface area contributed by atoms with Crippen molar-refractivity contribution in [2.45, 2.75) is 13.8 Å². The zero-order chi connectivity index (χ0) is 10.7. The maximum Gasteiger partial charge on any atom is 0.251 e. The first-order valence-corrected chi connectivity index (χ1v) is 4.90. The Labute approximate surface area is 91.4 Å². The van der Waals surface area contributed by atoms with E-state index in [-0.39, 0.29) is 5.91 Å². The van der Waals surface area contributed by atoms with Gasteiger partial charge in [-0.15, -0.1) is 0 Å². The summed E-state index contributed by atoms with van der Waals surface area (Å²) in [4.78, 5) is 15.4. The number of hydrogen-bond donors (Lipinski definition) is 1. The molecule has 74 valence electrons. The lowest BCUT2D eigenvalue weighted by atomic mass is 10.3. The van der Waals surface area contributed by atoms with Crippen LogP contribution in [0, 0.1) is 6.92 Å². The largest absolute Gasteiger partial charge is 0.307 e. The van der Waals surface area contributed by atoms with Gasteiger partial charge in [-0.2, -0.15) is 0 Å². The molecule has 0 unspecified atom stereocenters. The average Bonchev–Trinajstić information content (AvgIpc) is 2.11. The molecule has 0 aliphatic rings. The van der Waals surface area contributed by atoms with Gasteiger partial charge in [0.2, 0.25) is 0 Å². The van der Waals surface area contributed by atoms with Gasteiger partial charge in [-0.1, -0.05) is 6.58 Å². The van der Waals surface area contributed by atoms with Crippen molar-refractivity contribution in [1.82, 2.24) is 4.98 Å². The van der Waals surface area contributed by atoms with Crippen LogP contribution in [-0.4, -0.2) is 10.9 Å². The second-order valence-electron chi connectivity index (χ2n) is 3.00. The summed E-state index contributed by atoms with van der Waals surface area (Å²) in [6.07, 6.45) is 0. The fourth-order valence-corrected chi connectivity index (χ4v) is 1.06. The fourth-order valence-electron chi connectivity index (χ4n) is 0.837. The van der Waals surface area contributed by atoms with Crippen molar-refractivity contribution >= 4 is 27.7 Å². The summed E-state index contributed by atoms with van der Waals surface area (Å²) in [6, 6.07) is 3.58. The zero-order valence-electron chi connectivity index (χ0n) is 8.10. The number of rotatable bonds is 2. The summed E-state index contributed by atoms with van der Waals surface area (Å²) in [5.41, 5.74) is 1.30. The maximum absolute atomic E-state index is 11.2. The standard InChI is InChI=1S/C10H11BrN2O/c1-6(2)10(14)13-9-5-4-8(11)7(3)12-9/h4-5H,1H2,2-3H3,(H,12,13,14). The highest BCUT2D eigenvalue weighted by Gasteiger charge is 2.04. The van der Waals surface area contributed by atoms with Gasteiger partial charge in [0, 0.05) is 10.0 Å². The summed E-state index contributed by atoms with van der Waals surface area (Å²) in [5, 5.41) is 2.64. The van der Waals surface area contributed by atoms with E-state index in [9.17, 15) is 4.79 Å². The summed E-state index contributed by atoms with van der Waals surface area (Å²) in [5.74, 6) is 0.331. The number of aryl methyl sites for hydroxylation is 1. The summed E-state index contributed by atoms with van der Waals surface area (Å²) in [6.45, 7) is 7.06. The van der Waals surface area contributed by atoms with Gasteiger partial charge in [-0.25, -0.2) is 4.98 Å². The lowest BCUT2D eigenvalue weighted by Crippen LogP contribution is -2.13. The van der Waals surface area contributed by atoms with Crippen LogP contribution in [0.15, 0.2) is 28.8 Å². The molecule has 0 fully saturated rings. The third-order valence-corrected chi connectivity index (χ3v) is 2.49. The number of amides is 1.